The third-order valence-corrected chi connectivity index (χ3v) is 6.37. The molecule has 0 spiro atoms. The van der Waals surface area contributed by atoms with Crippen molar-refractivity contribution >= 4 is 66.5 Å². The van der Waals surface area contributed by atoms with Crippen LogP contribution in [0, 0.1) is 5.82 Å². The van der Waals surface area contributed by atoms with Crippen LogP contribution in [0.4, 0.5) is 10.1 Å². The Morgan fingerprint density at radius 1 is 1.03 bits per heavy atom. The summed E-state index contributed by atoms with van der Waals surface area (Å²) >= 11 is 8.28. The third kappa shape index (κ3) is 5.44. The normalized spacial score (nSPS) is 16.0. The molecule has 0 radical (unpaired) electrons. The van der Waals surface area contributed by atoms with E-state index < -0.39 is 0 Å². The lowest BCUT2D eigenvalue weighted by Crippen LogP contribution is -2.19. The SMILES string of the molecule is O=C1NC(=Nc2ccccc2)S/C1=C\c1cc(Br)c(OCc2ccccc2F)c(Br)c1. The topological polar surface area (TPSA) is 50.7 Å². The number of nitrogens with one attached hydrogen (secondary N) is 1. The summed E-state index contributed by atoms with van der Waals surface area (Å²) in [7, 11) is 0. The molecule has 0 atom stereocenters. The van der Waals surface area contributed by atoms with Crippen LogP contribution in [0.2, 0.25) is 0 Å². The number of para-hydroxylation sites is 1. The number of rotatable bonds is 5. The van der Waals surface area contributed by atoms with E-state index >= 15 is 0 Å². The number of benzene rings is 3. The Kier molecular flexibility index (Phi) is 6.89. The molecule has 4 nitrogen and oxygen atoms in total. The molecule has 31 heavy (non-hydrogen) atoms. The minimum absolute atomic E-state index is 0.0991. The zero-order valence-corrected chi connectivity index (χ0v) is 19.9. The van der Waals surface area contributed by atoms with Crippen molar-refractivity contribution in [2.75, 3.05) is 0 Å². The average Bonchev–Trinajstić information content (AvgIpc) is 3.08. The Balaban J connectivity index is 1.51. The van der Waals surface area contributed by atoms with E-state index in [9.17, 15) is 9.18 Å². The minimum Gasteiger partial charge on any atom is -0.486 e. The quantitative estimate of drug-likeness (QED) is 0.348. The van der Waals surface area contributed by atoms with Gasteiger partial charge in [-0.2, -0.15) is 0 Å². The van der Waals surface area contributed by atoms with Crippen molar-refractivity contribution < 1.29 is 13.9 Å². The smallest absolute Gasteiger partial charge is 0.264 e. The van der Waals surface area contributed by atoms with Crippen molar-refractivity contribution in [3.05, 3.63) is 97.5 Å². The number of thioether (sulfide) groups is 1. The van der Waals surface area contributed by atoms with E-state index in [2.05, 4.69) is 42.2 Å². The van der Waals surface area contributed by atoms with Crippen molar-refractivity contribution in [3.63, 3.8) is 0 Å². The van der Waals surface area contributed by atoms with Crippen LogP contribution in [0.5, 0.6) is 5.75 Å². The predicted octanol–water partition coefficient (Wildman–Crippen LogP) is 6.82. The van der Waals surface area contributed by atoms with Crippen LogP contribution in [0.25, 0.3) is 6.08 Å². The van der Waals surface area contributed by atoms with Gasteiger partial charge in [-0.3, -0.25) is 4.79 Å². The summed E-state index contributed by atoms with van der Waals surface area (Å²) < 4.78 is 21.0. The number of halogens is 3. The van der Waals surface area contributed by atoms with Crippen molar-refractivity contribution in [1.82, 2.24) is 5.32 Å². The maximum atomic E-state index is 13.8. The highest BCUT2D eigenvalue weighted by Crippen LogP contribution is 2.37. The Labute approximate surface area is 199 Å². The molecule has 3 aromatic carbocycles. The summed E-state index contributed by atoms with van der Waals surface area (Å²) in [5.74, 6) is 0.0420. The van der Waals surface area contributed by atoms with Gasteiger partial charge in [0, 0.05) is 5.56 Å². The number of ether oxygens (including phenoxy) is 1. The number of amides is 1. The number of carbonyl (C=O) groups is 1. The lowest BCUT2D eigenvalue weighted by atomic mass is 10.2. The Morgan fingerprint density at radius 3 is 2.42 bits per heavy atom. The van der Waals surface area contributed by atoms with E-state index in [0.29, 0.717) is 30.3 Å². The molecule has 156 valence electrons. The minimum atomic E-state index is -0.312. The van der Waals surface area contributed by atoms with Gasteiger partial charge in [0.1, 0.15) is 18.2 Å². The molecule has 0 aromatic heterocycles. The highest BCUT2D eigenvalue weighted by molar-refractivity contribution is 9.11. The van der Waals surface area contributed by atoms with E-state index in [-0.39, 0.29) is 18.3 Å². The third-order valence-electron chi connectivity index (χ3n) is 4.29. The maximum Gasteiger partial charge on any atom is 0.264 e. The summed E-state index contributed by atoms with van der Waals surface area (Å²) in [6.07, 6.45) is 1.78. The number of hydrogen-bond donors (Lipinski definition) is 1. The van der Waals surface area contributed by atoms with E-state index in [0.717, 1.165) is 11.3 Å². The van der Waals surface area contributed by atoms with Crippen LogP contribution in [0.1, 0.15) is 11.1 Å². The van der Waals surface area contributed by atoms with E-state index in [1.165, 1.54) is 17.8 Å². The Bertz CT molecular complexity index is 1180. The molecule has 4 rings (SSSR count). The van der Waals surface area contributed by atoms with Crippen LogP contribution in [0.3, 0.4) is 0 Å². The molecular weight excluding hydrogens is 547 g/mol. The fourth-order valence-electron chi connectivity index (χ4n) is 2.82. The second kappa shape index (κ2) is 9.80. The van der Waals surface area contributed by atoms with Crippen LogP contribution in [0.15, 0.2) is 85.6 Å². The largest absolute Gasteiger partial charge is 0.486 e. The summed E-state index contributed by atoms with van der Waals surface area (Å²) in [4.78, 5) is 17.3. The molecule has 0 saturated carbocycles. The lowest BCUT2D eigenvalue weighted by molar-refractivity contribution is -0.115. The fraction of sp³-hybridized carbons (Fsp3) is 0.0435. The molecule has 1 fully saturated rings. The Hall–Kier alpha value is -2.42. The molecule has 1 aliphatic heterocycles. The first-order valence-corrected chi connectivity index (χ1v) is 11.6. The molecule has 3 aromatic rings. The molecule has 1 N–H and O–H groups in total. The van der Waals surface area contributed by atoms with Crippen LogP contribution in [-0.2, 0) is 11.4 Å². The molecule has 0 aliphatic carbocycles. The van der Waals surface area contributed by atoms with Crippen molar-refractivity contribution in [2.24, 2.45) is 4.99 Å². The second-order valence-corrected chi connectivity index (χ2v) is 9.25. The molecule has 8 heteroatoms. The average molecular weight is 562 g/mol. The molecule has 0 bridgehead atoms. The van der Waals surface area contributed by atoms with Crippen molar-refractivity contribution in [3.8, 4) is 5.75 Å². The number of carbonyl (C=O) groups excluding carboxylic acids is 1. The highest BCUT2D eigenvalue weighted by Gasteiger charge is 2.24. The van der Waals surface area contributed by atoms with Crippen molar-refractivity contribution in [1.29, 1.82) is 0 Å². The first kappa shape index (κ1) is 21.8. The van der Waals surface area contributed by atoms with Gasteiger partial charge in [0.2, 0.25) is 0 Å². The first-order valence-electron chi connectivity index (χ1n) is 9.19. The second-order valence-electron chi connectivity index (χ2n) is 6.51. The van der Waals surface area contributed by atoms with Gasteiger partial charge in [-0.1, -0.05) is 36.4 Å². The first-order chi connectivity index (χ1) is 15.0. The summed E-state index contributed by atoms with van der Waals surface area (Å²) in [5, 5.41) is 3.31. The Morgan fingerprint density at radius 2 is 1.71 bits per heavy atom. The van der Waals surface area contributed by atoms with E-state index in [1.54, 1.807) is 24.3 Å². The molecule has 0 unspecified atom stereocenters. The highest BCUT2D eigenvalue weighted by atomic mass is 79.9. The molecule has 1 saturated heterocycles. The summed E-state index contributed by atoms with van der Waals surface area (Å²) in [6.45, 7) is 0.0991. The maximum absolute atomic E-state index is 13.8. The van der Waals surface area contributed by atoms with Crippen LogP contribution < -0.4 is 10.1 Å². The van der Waals surface area contributed by atoms with Gasteiger partial charge >= 0.3 is 0 Å². The molecule has 1 amide bonds. The number of aliphatic imine (C=N–C) groups is 1. The molecule has 1 heterocycles. The van der Waals surface area contributed by atoms with Gasteiger partial charge in [0.05, 0.1) is 19.5 Å². The van der Waals surface area contributed by atoms with Gasteiger partial charge in [0.25, 0.3) is 5.91 Å². The van der Waals surface area contributed by atoms with Crippen LogP contribution in [-0.4, -0.2) is 11.1 Å². The molecule has 1 aliphatic rings. The van der Waals surface area contributed by atoms with Gasteiger partial charge in [0.15, 0.2) is 5.17 Å². The molecular formula is C23H15Br2FN2O2S. The van der Waals surface area contributed by atoms with E-state index in [1.807, 2.05) is 42.5 Å². The van der Waals surface area contributed by atoms with Gasteiger partial charge in [-0.25, -0.2) is 9.38 Å². The zero-order valence-electron chi connectivity index (χ0n) is 15.9. The standard InChI is InChI=1S/C23H15Br2FN2O2S/c24-17-10-14(11-18(25)21(17)30-13-15-6-4-5-9-19(15)26)12-20-22(29)28-23(31-20)27-16-7-2-1-3-8-16/h1-12H,13H2,(H,27,28,29)/b20-12-. The monoisotopic (exact) mass is 560 g/mol. The zero-order chi connectivity index (χ0) is 21.8. The number of nitrogens with zero attached hydrogens (tertiary/aromatic N) is 1. The number of amidine groups is 1. The summed E-state index contributed by atoms with van der Waals surface area (Å²) in [5.41, 5.74) is 2.04. The van der Waals surface area contributed by atoms with Crippen molar-refractivity contribution in [2.45, 2.75) is 6.61 Å². The fourth-order valence-corrected chi connectivity index (χ4v) is 5.11. The predicted molar refractivity (Wildman–Crippen MR) is 130 cm³/mol. The summed E-state index contributed by atoms with van der Waals surface area (Å²) in [6, 6.07) is 19.6. The number of hydrogen-bond acceptors (Lipinski definition) is 4. The van der Waals surface area contributed by atoms with Crippen LogP contribution >= 0.6 is 43.6 Å². The van der Waals surface area contributed by atoms with Gasteiger partial charge in [-0.15, -0.1) is 0 Å². The lowest BCUT2D eigenvalue weighted by Gasteiger charge is -2.12. The van der Waals surface area contributed by atoms with Gasteiger partial charge in [-0.05, 0) is 85.6 Å². The van der Waals surface area contributed by atoms with E-state index in [4.69, 9.17) is 4.74 Å². The van der Waals surface area contributed by atoms with Gasteiger partial charge < -0.3 is 10.1 Å².